The molecule has 0 saturated carbocycles. The Morgan fingerprint density at radius 2 is 2.17 bits per heavy atom. The van der Waals surface area contributed by atoms with Gasteiger partial charge in [0.05, 0.1) is 18.8 Å². The summed E-state index contributed by atoms with van der Waals surface area (Å²) in [6.45, 7) is 2.21. The lowest BCUT2D eigenvalue weighted by Gasteiger charge is -2.08. The van der Waals surface area contributed by atoms with Crippen molar-refractivity contribution in [3.63, 3.8) is 0 Å². The Kier molecular flexibility index (Phi) is 4.78. The maximum atomic E-state index is 12.3. The number of cyclic esters (lactones) is 1. The average Bonchev–Trinajstić information content (AvgIpc) is 3.05. The number of halogens is 2. The first-order valence-electron chi connectivity index (χ1n) is 7.31. The maximum absolute atomic E-state index is 12.3. The van der Waals surface area contributed by atoms with Crippen molar-refractivity contribution in [1.82, 2.24) is 9.78 Å². The van der Waals surface area contributed by atoms with Crippen LogP contribution in [0.15, 0.2) is 24.3 Å². The SMILES string of the molecule is Cc1nn(Cc2ccccc2Cl)c(Cl)c1C(=O)O[C@@H]1CCOC1=O. The highest BCUT2D eigenvalue weighted by Crippen LogP contribution is 2.25. The fraction of sp³-hybridized carbons (Fsp3) is 0.312. The van der Waals surface area contributed by atoms with E-state index in [9.17, 15) is 9.59 Å². The highest BCUT2D eigenvalue weighted by Gasteiger charge is 2.32. The van der Waals surface area contributed by atoms with Gasteiger partial charge in [0.2, 0.25) is 6.10 Å². The third-order valence-corrected chi connectivity index (χ3v) is 4.44. The van der Waals surface area contributed by atoms with Gasteiger partial charge in [0, 0.05) is 11.4 Å². The van der Waals surface area contributed by atoms with Crippen molar-refractivity contribution < 1.29 is 19.1 Å². The average molecular weight is 369 g/mol. The third kappa shape index (κ3) is 3.25. The third-order valence-electron chi connectivity index (χ3n) is 3.68. The number of rotatable bonds is 4. The molecule has 0 spiro atoms. The van der Waals surface area contributed by atoms with Gasteiger partial charge in [-0.2, -0.15) is 5.10 Å². The van der Waals surface area contributed by atoms with Crippen molar-refractivity contribution in [2.24, 2.45) is 0 Å². The Labute approximate surface area is 148 Å². The van der Waals surface area contributed by atoms with E-state index in [1.54, 1.807) is 13.0 Å². The largest absolute Gasteiger partial charge is 0.463 e. The number of benzene rings is 1. The number of carbonyl (C=O) groups excluding carboxylic acids is 2. The summed E-state index contributed by atoms with van der Waals surface area (Å²) < 4.78 is 11.4. The van der Waals surface area contributed by atoms with Gasteiger partial charge in [-0.25, -0.2) is 14.3 Å². The standard InChI is InChI=1S/C16H14Cl2N2O4/c1-9-13(16(22)24-12-6-7-23-15(12)21)14(18)20(19-9)8-10-4-2-3-5-11(10)17/h2-5,12H,6-8H2,1H3/t12-/m1/s1. The summed E-state index contributed by atoms with van der Waals surface area (Å²) in [5.74, 6) is -1.23. The molecule has 0 amide bonds. The monoisotopic (exact) mass is 368 g/mol. The maximum Gasteiger partial charge on any atom is 0.347 e. The van der Waals surface area contributed by atoms with Crippen molar-refractivity contribution in [3.8, 4) is 0 Å². The molecule has 3 rings (SSSR count). The molecule has 6 nitrogen and oxygen atoms in total. The van der Waals surface area contributed by atoms with Crippen LogP contribution in [0.25, 0.3) is 0 Å². The molecule has 1 aromatic heterocycles. The van der Waals surface area contributed by atoms with Gasteiger partial charge in [-0.05, 0) is 18.6 Å². The molecule has 126 valence electrons. The molecule has 2 heterocycles. The number of hydrogen-bond acceptors (Lipinski definition) is 5. The normalized spacial score (nSPS) is 17.0. The molecule has 2 aromatic rings. The number of hydrogen-bond donors (Lipinski definition) is 0. The molecule has 1 aliphatic heterocycles. The second-order valence-electron chi connectivity index (χ2n) is 5.35. The molecule has 0 radical (unpaired) electrons. The van der Waals surface area contributed by atoms with Crippen LogP contribution in [0.3, 0.4) is 0 Å². The molecule has 0 bridgehead atoms. The van der Waals surface area contributed by atoms with Gasteiger partial charge in [-0.3, -0.25) is 0 Å². The van der Waals surface area contributed by atoms with Gasteiger partial charge in [0.25, 0.3) is 0 Å². The summed E-state index contributed by atoms with van der Waals surface area (Å²) in [5.41, 5.74) is 1.38. The van der Waals surface area contributed by atoms with Gasteiger partial charge >= 0.3 is 11.9 Å². The second kappa shape index (κ2) is 6.83. The summed E-state index contributed by atoms with van der Waals surface area (Å²) >= 11 is 12.4. The van der Waals surface area contributed by atoms with Crippen LogP contribution in [0, 0.1) is 6.92 Å². The second-order valence-corrected chi connectivity index (χ2v) is 6.12. The Hall–Kier alpha value is -2.05. The molecule has 8 heteroatoms. The number of nitrogens with zero attached hydrogens (tertiary/aromatic N) is 2. The van der Waals surface area contributed by atoms with E-state index >= 15 is 0 Å². The fourth-order valence-electron chi connectivity index (χ4n) is 2.45. The molecule has 1 aliphatic rings. The predicted octanol–water partition coefficient (Wildman–Crippen LogP) is 3.02. The van der Waals surface area contributed by atoms with Crippen molar-refractivity contribution in [2.75, 3.05) is 6.61 Å². The highest BCUT2D eigenvalue weighted by molar-refractivity contribution is 6.33. The minimum Gasteiger partial charge on any atom is -0.463 e. The highest BCUT2D eigenvalue weighted by atomic mass is 35.5. The Bertz CT molecular complexity index is 803. The summed E-state index contributed by atoms with van der Waals surface area (Å²) in [4.78, 5) is 23.8. The molecular weight excluding hydrogens is 355 g/mol. The lowest BCUT2D eigenvalue weighted by Crippen LogP contribution is -2.23. The van der Waals surface area contributed by atoms with Crippen LogP contribution < -0.4 is 0 Å². The predicted molar refractivity (Wildman–Crippen MR) is 87.3 cm³/mol. The van der Waals surface area contributed by atoms with Crippen LogP contribution in [-0.4, -0.2) is 34.4 Å². The molecule has 1 saturated heterocycles. The van der Waals surface area contributed by atoms with E-state index in [4.69, 9.17) is 32.7 Å². The van der Waals surface area contributed by atoms with Crippen LogP contribution in [0.4, 0.5) is 0 Å². The fourth-order valence-corrected chi connectivity index (χ4v) is 2.96. The zero-order valence-electron chi connectivity index (χ0n) is 12.8. The summed E-state index contributed by atoms with van der Waals surface area (Å²) in [6.07, 6.45) is -0.547. The molecule has 1 aromatic carbocycles. The quantitative estimate of drug-likeness (QED) is 0.775. The zero-order valence-corrected chi connectivity index (χ0v) is 14.3. The Morgan fingerprint density at radius 1 is 1.42 bits per heavy atom. The lowest BCUT2D eigenvalue weighted by molar-refractivity contribution is -0.145. The van der Waals surface area contributed by atoms with Gasteiger partial charge in [-0.15, -0.1) is 0 Å². The first kappa shape index (κ1) is 16.8. The Morgan fingerprint density at radius 3 is 2.83 bits per heavy atom. The summed E-state index contributed by atoms with van der Waals surface area (Å²) in [5, 5.41) is 5.00. The molecule has 0 N–H and O–H groups in total. The smallest absolute Gasteiger partial charge is 0.347 e. The number of carbonyl (C=O) groups is 2. The van der Waals surface area contributed by atoms with Crippen LogP contribution >= 0.6 is 23.2 Å². The first-order chi connectivity index (χ1) is 11.5. The van der Waals surface area contributed by atoms with Gasteiger partial charge in [0.1, 0.15) is 10.7 Å². The minimum absolute atomic E-state index is 0.142. The van der Waals surface area contributed by atoms with Crippen LogP contribution in [0.1, 0.15) is 28.0 Å². The molecule has 1 fully saturated rings. The van der Waals surface area contributed by atoms with Crippen molar-refractivity contribution in [2.45, 2.75) is 26.0 Å². The lowest BCUT2D eigenvalue weighted by atomic mass is 10.2. The Balaban J connectivity index is 1.82. The zero-order chi connectivity index (χ0) is 17.3. The molecule has 1 atom stereocenters. The summed E-state index contributed by atoms with van der Waals surface area (Å²) in [6, 6.07) is 7.29. The van der Waals surface area contributed by atoms with E-state index in [1.807, 2.05) is 18.2 Å². The summed E-state index contributed by atoms with van der Waals surface area (Å²) in [7, 11) is 0. The molecule has 0 aliphatic carbocycles. The molecule has 24 heavy (non-hydrogen) atoms. The number of ether oxygens (including phenoxy) is 2. The van der Waals surface area contributed by atoms with Crippen molar-refractivity contribution in [3.05, 3.63) is 51.3 Å². The van der Waals surface area contributed by atoms with Crippen molar-refractivity contribution in [1.29, 1.82) is 0 Å². The topological polar surface area (TPSA) is 70.4 Å². The van der Waals surface area contributed by atoms with Gasteiger partial charge < -0.3 is 9.47 Å². The number of esters is 2. The first-order valence-corrected chi connectivity index (χ1v) is 8.07. The van der Waals surface area contributed by atoms with Crippen LogP contribution in [0.2, 0.25) is 10.2 Å². The van der Waals surface area contributed by atoms with E-state index in [-0.39, 0.29) is 17.3 Å². The van der Waals surface area contributed by atoms with Gasteiger partial charge in [-0.1, -0.05) is 41.4 Å². The van der Waals surface area contributed by atoms with E-state index in [0.29, 0.717) is 23.7 Å². The molecular formula is C16H14Cl2N2O4. The number of aromatic nitrogens is 2. The van der Waals surface area contributed by atoms with Crippen LogP contribution in [-0.2, 0) is 20.8 Å². The van der Waals surface area contributed by atoms with E-state index in [0.717, 1.165) is 5.56 Å². The van der Waals surface area contributed by atoms with E-state index in [2.05, 4.69) is 5.10 Å². The van der Waals surface area contributed by atoms with Crippen LogP contribution in [0.5, 0.6) is 0 Å². The van der Waals surface area contributed by atoms with Crippen molar-refractivity contribution >= 4 is 35.1 Å². The molecule has 0 unspecified atom stereocenters. The van der Waals surface area contributed by atoms with Gasteiger partial charge in [0.15, 0.2) is 0 Å². The number of aryl methyl sites for hydroxylation is 1. The minimum atomic E-state index is -0.889. The van der Waals surface area contributed by atoms with E-state index < -0.39 is 18.0 Å². The van der Waals surface area contributed by atoms with E-state index in [1.165, 1.54) is 4.68 Å².